The van der Waals surface area contributed by atoms with E-state index >= 15 is 0 Å². The van der Waals surface area contributed by atoms with Gasteiger partial charge in [0, 0.05) is 26.1 Å². The number of carbonyl (C=O) groups excluding carboxylic acids is 1. The quantitative estimate of drug-likeness (QED) is 0.717. The number of amides is 1. The number of rotatable bonds is 2. The highest BCUT2D eigenvalue weighted by Crippen LogP contribution is 2.14. The molecule has 0 bridgehead atoms. The van der Waals surface area contributed by atoms with Gasteiger partial charge in [0.1, 0.15) is 6.26 Å². The first-order valence-corrected chi connectivity index (χ1v) is 4.87. The third-order valence-corrected chi connectivity index (χ3v) is 2.29. The maximum Gasteiger partial charge on any atom is 0.357 e. The Balaban J connectivity index is 2.10. The zero-order chi connectivity index (χ0) is 11.5. The largest absolute Gasteiger partial charge is 0.476 e. The molecule has 2 N–H and O–H groups in total. The Morgan fingerprint density at radius 2 is 2.38 bits per heavy atom. The molecule has 1 saturated heterocycles. The molecule has 0 aromatic carbocycles. The van der Waals surface area contributed by atoms with Crippen molar-refractivity contribution in [2.45, 2.75) is 6.42 Å². The number of aromatic carboxylic acids is 1. The van der Waals surface area contributed by atoms with Crippen LogP contribution in [0.4, 0.5) is 6.01 Å². The van der Waals surface area contributed by atoms with E-state index in [4.69, 9.17) is 9.52 Å². The summed E-state index contributed by atoms with van der Waals surface area (Å²) in [6.45, 7) is 1.54. The third kappa shape index (κ3) is 2.13. The van der Waals surface area contributed by atoms with E-state index in [1.54, 1.807) is 4.90 Å². The summed E-state index contributed by atoms with van der Waals surface area (Å²) in [5.74, 6) is -1.15. The summed E-state index contributed by atoms with van der Waals surface area (Å²) in [5, 5.41) is 11.4. The molecule has 2 heterocycles. The Labute approximate surface area is 91.1 Å². The van der Waals surface area contributed by atoms with Crippen molar-refractivity contribution in [1.29, 1.82) is 0 Å². The highest BCUT2D eigenvalue weighted by atomic mass is 16.4. The van der Waals surface area contributed by atoms with Crippen molar-refractivity contribution < 1.29 is 19.1 Å². The Bertz CT molecular complexity index is 415. The maximum atomic E-state index is 11.1. The average molecular weight is 225 g/mol. The van der Waals surface area contributed by atoms with E-state index in [1.807, 2.05) is 0 Å². The van der Waals surface area contributed by atoms with E-state index in [0.717, 1.165) is 6.26 Å². The number of aromatic nitrogens is 1. The lowest BCUT2D eigenvalue weighted by atomic mass is 10.4. The van der Waals surface area contributed by atoms with Crippen LogP contribution in [-0.2, 0) is 4.79 Å². The van der Waals surface area contributed by atoms with Crippen LogP contribution in [0.2, 0.25) is 0 Å². The van der Waals surface area contributed by atoms with Crippen molar-refractivity contribution in [1.82, 2.24) is 10.3 Å². The Kier molecular flexibility index (Phi) is 2.76. The van der Waals surface area contributed by atoms with Crippen molar-refractivity contribution in [3.63, 3.8) is 0 Å². The molecule has 0 saturated carbocycles. The van der Waals surface area contributed by atoms with Crippen LogP contribution in [-0.4, -0.2) is 41.6 Å². The molecule has 1 aromatic heterocycles. The number of carboxylic acids is 1. The molecule has 0 unspecified atom stereocenters. The molecule has 1 aromatic rings. The molecular weight excluding hydrogens is 214 g/mol. The number of nitrogens with zero attached hydrogens (tertiary/aromatic N) is 2. The fourth-order valence-corrected chi connectivity index (χ4v) is 1.47. The third-order valence-electron chi connectivity index (χ3n) is 2.29. The van der Waals surface area contributed by atoms with Gasteiger partial charge in [-0.2, -0.15) is 4.98 Å². The van der Waals surface area contributed by atoms with Gasteiger partial charge in [-0.3, -0.25) is 4.79 Å². The minimum atomic E-state index is -1.13. The minimum absolute atomic E-state index is 0.0208. The van der Waals surface area contributed by atoms with Crippen LogP contribution in [0.15, 0.2) is 10.7 Å². The van der Waals surface area contributed by atoms with Gasteiger partial charge in [0.2, 0.25) is 5.91 Å². The number of carboxylic acid groups (broad SMARTS) is 1. The van der Waals surface area contributed by atoms with E-state index in [-0.39, 0.29) is 17.6 Å². The predicted octanol–water partition coefficient (Wildman–Crippen LogP) is -0.301. The summed E-state index contributed by atoms with van der Waals surface area (Å²) in [6, 6.07) is 0.244. The summed E-state index contributed by atoms with van der Waals surface area (Å²) in [4.78, 5) is 27.3. The average Bonchev–Trinajstić information content (AvgIpc) is 2.63. The van der Waals surface area contributed by atoms with Crippen LogP contribution in [0.5, 0.6) is 0 Å². The molecule has 7 heteroatoms. The molecule has 7 nitrogen and oxygen atoms in total. The second-order valence-corrected chi connectivity index (χ2v) is 3.41. The Morgan fingerprint density at radius 3 is 3.06 bits per heavy atom. The van der Waals surface area contributed by atoms with Crippen LogP contribution in [0.1, 0.15) is 16.9 Å². The van der Waals surface area contributed by atoms with Gasteiger partial charge in [0.15, 0.2) is 5.69 Å². The van der Waals surface area contributed by atoms with Crippen molar-refractivity contribution >= 4 is 17.9 Å². The highest BCUT2D eigenvalue weighted by molar-refractivity contribution is 5.85. The summed E-state index contributed by atoms with van der Waals surface area (Å²) >= 11 is 0. The first kappa shape index (κ1) is 10.5. The number of oxazole rings is 1. The molecule has 2 rings (SSSR count). The van der Waals surface area contributed by atoms with Crippen LogP contribution >= 0.6 is 0 Å². The smallest absolute Gasteiger partial charge is 0.357 e. The lowest BCUT2D eigenvalue weighted by Crippen LogP contribution is -2.28. The number of nitrogens with one attached hydrogen (secondary N) is 1. The molecule has 0 aliphatic carbocycles. The summed E-state index contributed by atoms with van der Waals surface area (Å²) in [6.07, 6.45) is 1.45. The molecule has 1 aliphatic heterocycles. The molecule has 0 spiro atoms. The van der Waals surface area contributed by atoms with Crippen LogP contribution in [0.3, 0.4) is 0 Å². The molecule has 1 aliphatic rings. The summed E-state index contributed by atoms with van der Waals surface area (Å²) in [5.41, 5.74) is -0.126. The van der Waals surface area contributed by atoms with Gasteiger partial charge in [-0.1, -0.05) is 0 Å². The summed E-state index contributed by atoms with van der Waals surface area (Å²) in [7, 11) is 0. The van der Waals surface area contributed by atoms with Gasteiger partial charge in [0.05, 0.1) is 0 Å². The SMILES string of the molecule is O=C1CCN(c2nc(C(=O)O)co2)CCN1. The van der Waals surface area contributed by atoms with E-state index in [9.17, 15) is 9.59 Å². The number of hydrogen-bond donors (Lipinski definition) is 2. The second-order valence-electron chi connectivity index (χ2n) is 3.41. The van der Waals surface area contributed by atoms with Gasteiger partial charge in [-0.15, -0.1) is 0 Å². The molecular formula is C9H11N3O4. The van der Waals surface area contributed by atoms with Gasteiger partial charge < -0.3 is 19.7 Å². The van der Waals surface area contributed by atoms with Crippen molar-refractivity contribution in [3.8, 4) is 0 Å². The van der Waals surface area contributed by atoms with Gasteiger partial charge in [-0.25, -0.2) is 4.79 Å². The standard InChI is InChI=1S/C9H11N3O4/c13-7-1-3-12(4-2-10-7)9-11-6(5-16-9)8(14)15/h5H,1-4H2,(H,10,13)(H,14,15). The molecule has 1 amide bonds. The second kappa shape index (κ2) is 4.21. The maximum absolute atomic E-state index is 11.1. The first-order chi connectivity index (χ1) is 7.66. The lowest BCUT2D eigenvalue weighted by Gasteiger charge is -2.15. The molecule has 1 fully saturated rings. The van der Waals surface area contributed by atoms with Gasteiger partial charge >= 0.3 is 5.97 Å². The minimum Gasteiger partial charge on any atom is -0.476 e. The van der Waals surface area contributed by atoms with E-state index in [0.29, 0.717) is 26.1 Å². The zero-order valence-corrected chi connectivity index (χ0v) is 8.47. The topological polar surface area (TPSA) is 95.7 Å². The first-order valence-electron chi connectivity index (χ1n) is 4.87. The van der Waals surface area contributed by atoms with Crippen LogP contribution in [0, 0.1) is 0 Å². The van der Waals surface area contributed by atoms with E-state index in [1.165, 1.54) is 0 Å². The Morgan fingerprint density at radius 1 is 1.56 bits per heavy atom. The molecule has 0 atom stereocenters. The van der Waals surface area contributed by atoms with Crippen molar-refractivity contribution in [2.75, 3.05) is 24.5 Å². The molecule has 86 valence electrons. The number of carbonyl (C=O) groups is 2. The van der Waals surface area contributed by atoms with Crippen LogP contribution < -0.4 is 10.2 Å². The van der Waals surface area contributed by atoms with Crippen molar-refractivity contribution in [2.24, 2.45) is 0 Å². The molecule has 0 radical (unpaired) electrons. The van der Waals surface area contributed by atoms with Gasteiger partial charge in [-0.05, 0) is 0 Å². The van der Waals surface area contributed by atoms with E-state index < -0.39 is 5.97 Å². The Hall–Kier alpha value is -2.05. The highest BCUT2D eigenvalue weighted by Gasteiger charge is 2.19. The van der Waals surface area contributed by atoms with Crippen LogP contribution in [0.25, 0.3) is 0 Å². The number of anilines is 1. The predicted molar refractivity (Wildman–Crippen MR) is 53.3 cm³/mol. The van der Waals surface area contributed by atoms with E-state index in [2.05, 4.69) is 10.3 Å². The fraction of sp³-hybridized carbons (Fsp3) is 0.444. The normalized spacial score (nSPS) is 16.8. The fourth-order valence-electron chi connectivity index (χ4n) is 1.47. The number of hydrogen-bond acceptors (Lipinski definition) is 5. The zero-order valence-electron chi connectivity index (χ0n) is 8.47. The lowest BCUT2D eigenvalue weighted by molar-refractivity contribution is -0.120. The van der Waals surface area contributed by atoms with Gasteiger partial charge in [0.25, 0.3) is 6.01 Å². The molecule has 16 heavy (non-hydrogen) atoms. The van der Waals surface area contributed by atoms with Crippen molar-refractivity contribution in [3.05, 3.63) is 12.0 Å². The summed E-state index contributed by atoms with van der Waals surface area (Å²) < 4.78 is 5.05. The monoisotopic (exact) mass is 225 g/mol.